The van der Waals surface area contributed by atoms with E-state index in [0.29, 0.717) is 22.0 Å². The molecule has 3 aromatic rings. The normalized spacial score (nSPS) is 10.4. The Morgan fingerprint density at radius 1 is 0.960 bits per heavy atom. The van der Waals surface area contributed by atoms with Gasteiger partial charge in [0.25, 0.3) is 11.8 Å². The van der Waals surface area contributed by atoms with E-state index < -0.39 is 5.91 Å². The van der Waals surface area contributed by atoms with E-state index in [1.54, 1.807) is 23.6 Å². The van der Waals surface area contributed by atoms with Crippen LogP contribution in [-0.2, 0) is 5.88 Å². The minimum atomic E-state index is -0.563. The van der Waals surface area contributed by atoms with Crippen LogP contribution in [0, 0.1) is 0 Å². The summed E-state index contributed by atoms with van der Waals surface area (Å²) in [7, 11) is 0. The highest BCUT2D eigenvalue weighted by atomic mass is 35.5. The van der Waals surface area contributed by atoms with Gasteiger partial charge >= 0.3 is 0 Å². The molecule has 126 valence electrons. The Morgan fingerprint density at radius 3 is 2.12 bits per heavy atom. The molecule has 0 atom stereocenters. The van der Waals surface area contributed by atoms with E-state index in [1.807, 2.05) is 36.4 Å². The van der Waals surface area contributed by atoms with Crippen molar-refractivity contribution in [2.45, 2.75) is 5.88 Å². The summed E-state index contributed by atoms with van der Waals surface area (Å²) < 4.78 is 0. The van der Waals surface area contributed by atoms with Crippen LogP contribution in [0.2, 0.25) is 0 Å². The fourth-order valence-electron chi connectivity index (χ4n) is 2.38. The van der Waals surface area contributed by atoms with Crippen LogP contribution < -0.4 is 11.1 Å². The molecule has 2 aromatic carbocycles. The highest BCUT2D eigenvalue weighted by molar-refractivity contribution is 7.14. The molecule has 0 spiro atoms. The van der Waals surface area contributed by atoms with Gasteiger partial charge in [0.15, 0.2) is 0 Å². The van der Waals surface area contributed by atoms with E-state index in [1.165, 1.54) is 11.3 Å². The molecule has 0 radical (unpaired) electrons. The number of hydrogen-bond acceptors (Lipinski definition) is 3. The molecular weight excluding hydrogens is 356 g/mol. The summed E-state index contributed by atoms with van der Waals surface area (Å²) in [5.74, 6) is -0.364. The first-order chi connectivity index (χ1) is 12.1. The molecule has 25 heavy (non-hydrogen) atoms. The maximum Gasteiger partial charge on any atom is 0.256 e. The number of carbonyl (C=O) groups excluding carboxylic acids is 2. The van der Waals surface area contributed by atoms with E-state index in [2.05, 4.69) is 5.32 Å². The van der Waals surface area contributed by atoms with Gasteiger partial charge in [0.05, 0.1) is 5.56 Å². The average molecular weight is 371 g/mol. The first-order valence-electron chi connectivity index (χ1n) is 7.52. The Hall–Kier alpha value is -2.63. The van der Waals surface area contributed by atoms with Gasteiger partial charge in [0.2, 0.25) is 0 Å². The van der Waals surface area contributed by atoms with Gasteiger partial charge in [-0.05, 0) is 40.3 Å². The van der Waals surface area contributed by atoms with Crippen LogP contribution in [0.5, 0.6) is 0 Å². The number of benzene rings is 2. The number of amides is 2. The molecule has 3 rings (SSSR count). The molecule has 0 fully saturated rings. The lowest BCUT2D eigenvalue weighted by atomic mass is 10.0. The van der Waals surface area contributed by atoms with Crippen molar-refractivity contribution in [1.82, 2.24) is 0 Å². The lowest BCUT2D eigenvalue weighted by Crippen LogP contribution is -2.16. The van der Waals surface area contributed by atoms with Gasteiger partial charge in [-0.1, -0.05) is 36.4 Å². The number of thiophene rings is 1. The van der Waals surface area contributed by atoms with Crippen molar-refractivity contribution < 1.29 is 9.59 Å². The Bertz CT molecular complexity index is 902. The molecular formula is C19H15ClN2O2S. The van der Waals surface area contributed by atoms with E-state index >= 15 is 0 Å². The highest BCUT2D eigenvalue weighted by Crippen LogP contribution is 2.24. The van der Waals surface area contributed by atoms with Crippen LogP contribution in [0.3, 0.4) is 0 Å². The van der Waals surface area contributed by atoms with Crippen LogP contribution in [-0.4, -0.2) is 11.8 Å². The standard InChI is InChI=1S/C19H15ClN2O2S/c20-11-12-1-3-13(4-2-12)14-5-7-15(8-6-14)18(24)22-19-16(17(21)23)9-10-25-19/h1-10H,11H2,(H2,21,23)(H,22,24). The maximum atomic E-state index is 12.3. The molecule has 6 heteroatoms. The molecule has 0 aliphatic heterocycles. The van der Waals surface area contributed by atoms with Gasteiger partial charge in [-0.25, -0.2) is 0 Å². The zero-order valence-corrected chi connectivity index (χ0v) is 14.7. The minimum Gasteiger partial charge on any atom is -0.366 e. The Morgan fingerprint density at radius 2 is 1.56 bits per heavy atom. The van der Waals surface area contributed by atoms with Crippen molar-refractivity contribution in [2.24, 2.45) is 5.73 Å². The Balaban J connectivity index is 1.76. The number of nitrogens with one attached hydrogen (secondary N) is 1. The van der Waals surface area contributed by atoms with Gasteiger partial charge in [-0.2, -0.15) is 0 Å². The van der Waals surface area contributed by atoms with Crippen LogP contribution in [0.15, 0.2) is 60.0 Å². The lowest BCUT2D eigenvalue weighted by molar-refractivity contribution is 0.100. The predicted octanol–water partition coefficient (Wildman–Crippen LogP) is 4.51. The third-order valence-electron chi connectivity index (χ3n) is 3.75. The summed E-state index contributed by atoms with van der Waals surface area (Å²) in [6.45, 7) is 0. The second-order valence-corrected chi connectivity index (χ2v) is 6.57. The number of primary amides is 1. The SMILES string of the molecule is NC(=O)c1ccsc1NC(=O)c1ccc(-c2ccc(CCl)cc2)cc1. The van der Waals surface area contributed by atoms with Crippen LogP contribution in [0.4, 0.5) is 5.00 Å². The quantitative estimate of drug-likeness (QED) is 0.649. The van der Waals surface area contributed by atoms with Crippen molar-refractivity contribution in [2.75, 3.05) is 5.32 Å². The van der Waals surface area contributed by atoms with Gasteiger partial charge in [0, 0.05) is 11.4 Å². The van der Waals surface area contributed by atoms with Crippen LogP contribution in [0.1, 0.15) is 26.3 Å². The fourth-order valence-corrected chi connectivity index (χ4v) is 3.34. The Labute approximate surface area is 154 Å². The largest absolute Gasteiger partial charge is 0.366 e. The zero-order valence-electron chi connectivity index (χ0n) is 13.2. The van der Waals surface area contributed by atoms with Crippen molar-refractivity contribution in [3.05, 3.63) is 76.7 Å². The number of alkyl halides is 1. The summed E-state index contributed by atoms with van der Waals surface area (Å²) in [5.41, 5.74) is 9.22. The van der Waals surface area contributed by atoms with E-state index in [0.717, 1.165) is 16.7 Å². The molecule has 0 aliphatic rings. The molecule has 1 heterocycles. The van der Waals surface area contributed by atoms with Gasteiger partial charge in [-0.3, -0.25) is 9.59 Å². The molecule has 2 amide bonds. The average Bonchev–Trinajstić information content (AvgIpc) is 3.10. The molecule has 3 N–H and O–H groups in total. The van der Waals surface area contributed by atoms with E-state index in [-0.39, 0.29) is 5.91 Å². The van der Waals surface area contributed by atoms with Gasteiger partial charge in [0.1, 0.15) is 5.00 Å². The zero-order chi connectivity index (χ0) is 17.8. The van der Waals surface area contributed by atoms with Crippen LogP contribution in [0.25, 0.3) is 11.1 Å². The first-order valence-corrected chi connectivity index (χ1v) is 8.94. The topological polar surface area (TPSA) is 72.2 Å². The second-order valence-electron chi connectivity index (χ2n) is 5.39. The van der Waals surface area contributed by atoms with E-state index in [4.69, 9.17) is 17.3 Å². The monoisotopic (exact) mass is 370 g/mol. The number of nitrogens with two attached hydrogens (primary N) is 1. The third-order valence-corrected chi connectivity index (χ3v) is 4.88. The fraction of sp³-hybridized carbons (Fsp3) is 0.0526. The van der Waals surface area contributed by atoms with Crippen LogP contribution >= 0.6 is 22.9 Å². The first kappa shape index (κ1) is 17.2. The van der Waals surface area contributed by atoms with E-state index in [9.17, 15) is 9.59 Å². The molecule has 0 saturated carbocycles. The predicted molar refractivity (Wildman–Crippen MR) is 102 cm³/mol. The highest BCUT2D eigenvalue weighted by Gasteiger charge is 2.13. The summed E-state index contributed by atoms with van der Waals surface area (Å²) in [6, 6.07) is 16.8. The van der Waals surface area contributed by atoms with Crippen molar-refractivity contribution in [1.29, 1.82) is 0 Å². The minimum absolute atomic E-state index is 0.283. The summed E-state index contributed by atoms with van der Waals surface area (Å²) in [4.78, 5) is 23.7. The molecule has 0 aliphatic carbocycles. The van der Waals surface area contributed by atoms with Gasteiger partial charge < -0.3 is 11.1 Å². The molecule has 0 saturated heterocycles. The van der Waals surface area contributed by atoms with Crippen molar-refractivity contribution in [3.8, 4) is 11.1 Å². The van der Waals surface area contributed by atoms with Crippen molar-refractivity contribution in [3.63, 3.8) is 0 Å². The number of halogens is 1. The summed E-state index contributed by atoms with van der Waals surface area (Å²) in [5, 5.41) is 4.89. The number of anilines is 1. The van der Waals surface area contributed by atoms with Crippen molar-refractivity contribution >= 4 is 39.8 Å². The van der Waals surface area contributed by atoms with Gasteiger partial charge in [-0.15, -0.1) is 22.9 Å². The molecule has 0 unspecified atom stereocenters. The second kappa shape index (κ2) is 7.51. The summed E-state index contributed by atoms with van der Waals surface area (Å²) in [6.07, 6.45) is 0. The molecule has 1 aromatic heterocycles. The maximum absolute atomic E-state index is 12.3. The smallest absolute Gasteiger partial charge is 0.256 e. The number of hydrogen-bond donors (Lipinski definition) is 2. The Kier molecular flexibility index (Phi) is 5.16. The lowest BCUT2D eigenvalue weighted by Gasteiger charge is -2.07. The molecule has 0 bridgehead atoms. The number of carbonyl (C=O) groups is 2. The summed E-state index contributed by atoms with van der Waals surface area (Å²) >= 11 is 7.06. The molecule has 4 nitrogen and oxygen atoms in total. The number of rotatable bonds is 5. The third kappa shape index (κ3) is 3.90.